The number of hydrogen-bond acceptors (Lipinski definition) is 7. The maximum atomic E-state index is 15.2. The van der Waals surface area contributed by atoms with Crippen molar-refractivity contribution in [3.05, 3.63) is 94.8 Å². The van der Waals surface area contributed by atoms with Gasteiger partial charge in [-0.25, -0.2) is 24.0 Å². The Morgan fingerprint density at radius 3 is 2.69 bits per heavy atom. The molecule has 1 unspecified atom stereocenters. The van der Waals surface area contributed by atoms with Crippen molar-refractivity contribution < 1.29 is 13.5 Å². The van der Waals surface area contributed by atoms with E-state index in [0.29, 0.717) is 23.1 Å². The van der Waals surface area contributed by atoms with Gasteiger partial charge in [0.25, 0.3) is 5.56 Å². The second kappa shape index (κ2) is 9.43. The minimum Gasteiger partial charge on any atom is -0.494 e. The first-order chi connectivity index (χ1) is 18.9. The summed E-state index contributed by atoms with van der Waals surface area (Å²) in [5, 5.41) is 5.39. The average Bonchev–Trinajstić information content (AvgIpc) is 3.35. The van der Waals surface area contributed by atoms with E-state index in [0.717, 1.165) is 0 Å². The number of aromatic nitrogens is 6. The maximum absolute atomic E-state index is 15.2. The van der Waals surface area contributed by atoms with Crippen LogP contribution in [0.2, 0.25) is 0 Å². The normalized spacial score (nSPS) is 15.7. The van der Waals surface area contributed by atoms with Crippen LogP contribution in [-0.4, -0.2) is 36.4 Å². The molecule has 2 atom stereocenters. The lowest BCUT2D eigenvalue weighted by molar-refractivity contribution is 0.372. The number of methoxy groups -OCH3 is 1. The number of nitrogens with two attached hydrogens (primary N) is 1. The predicted molar refractivity (Wildman–Crippen MR) is 143 cm³/mol. The summed E-state index contributed by atoms with van der Waals surface area (Å²) in [6.45, 7) is 1.81. The molecule has 196 valence electrons. The number of ether oxygens (including phenoxy) is 1. The van der Waals surface area contributed by atoms with Gasteiger partial charge in [-0.2, -0.15) is 9.49 Å². The van der Waals surface area contributed by atoms with Crippen LogP contribution in [0.4, 0.5) is 14.6 Å². The molecule has 3 aromatic heterocycles. The van der Waals surface area contributed by atoms with Crippen LogP contribution in [0.5, 0.6) is 5.75 Å². The number of para-hydroxylation sites is 1. The van der Waals surface area contributed by atoms with Gasteiger partial charge in [0, 0.05) is 5.56 Å². The van der Waals surface area contributed by atoms with E-state index >= 15 is 4.39 Å². The van der Waals surface area contributed by atoms with Crippen LogP contribution in [0.15, 0.2) is 71.8 Å². The van der Waals surface area contributed by atoms with Crippen LogP contribution in [0.3, 0.4) is 0 Å². The fraction of sp³-hybridized carbons (Fsp3) is 0.179. The summed E-state index contributed by atoms with van der Waals surface area (Å²) in [5.41, 5.74) is 6.76. The molecule has 6 rings (SSSR count). The van der Waals surface area contributed by atoms with Gasteiger partial charge in [0.2, 0.25) is 5.82 Å². The van der Waals surface area contributed by atoms with E-state index in [4.69, 9.17) is 15.5 Å². The lowest BCUT2D eigenvalue weighted by Crippen LogP contribution is -2.31. The fourth-order valence-corrected chi connectivity index (χ4v) is 4.97. The molecule has 11 heteroatoms. The van der Waals surface area contributed by atoms with Gasteiger partial charge >= 0.3 is 0 Å². The van der Waals surface area contributed by atoms with Crippen molar-refractivity contribution in [2.45, 2.75) is 25.4 Å². The van der Waals surface area contributed by atoms with E-state index in [1.54, 1.807) is 22.8 Å². The van der Waals surface area contributed by atoms with Crippen molar-refractivity contribution in [1.29, 1.82) is 0 Å². The highest BCUT2D eigenvalue weighted by molar-refractivity contribution is 5.98. The first kappa shape index (κ1) is 24.4. The van der Waals surface area contributed by atoms with Gasteiger partial charge in [-0.1, -0.05) is 36.4 Å². The molecule has 1 aliphatic rings. The Morgan fingerprint density at radius 1 is 1.10 bits per heavy atom. The number of anilines is 1. The molecule has 0 fully saturated rings. The van der Waals surface area contributed by atoms with Crippen LogP contribution >= 0.6 is 0 Å². The molecular formula is C28H23F2N7O2. The Morgan fingerprint density at radius 2 is 1.92 bits per heavy atom. The van der Waals surface area contributed by atoms with Crippen molar-refractivity contribution in [2.75, 3.05) is 12.8 Å². The molecule has 2 aromatic carbocycles. The molecule has 0 bridgehead atoms. The number of rotatable bonds is 5. The minimum atomic E-state index is -1.15. The third kappa shape index (κ3) is 3.85. The smallest absolute Gasteiger partial charge is 0.262 e. The third-order valence-electron chi connectivity index (χ3n) is 6.91. The van der Waals surface area contributed by atoms with Crippen molar-refractivity contribution in [2.24, 2.45) is 0 Å². The standard InChI is InChI=1S/C28H23F2N7O2/c1-15(26-34-19-11-7-6-10-17(19)28(38)36(26)16-8-4-3-5-9-16)37-27-21(25(31)32-14-33-27)24(35-37)18-12-13-20(39-2)23(30)22(18)29/h3-8,10-16H,9H2,1-2H3,(H2,31,32,33)/t15-,16?/m0/s1. The van der Waals surface area contributed by atoms with Crippen LogP contribution < -0.4 is 16.0 Å². The Bertz CT molecular complexity index is 1880. The molecule has 1 aliphatic carbocycles. The quantitative estimate of drug-likeness (QED) is 0.351. The van der Waals surface area contributed by atoms with Gasteiger partial charge in [-0.3, -0.25) is 9.36 Å². The van der Waals surface area contributed by atoms with Gasteiger partial charge < -0.3 is 10.5 Å². The zero-order valence-electron chi connectivity index (χ0n) is 21.0. The number of nitrogens with zero attached hydrogens (tertiary/aromatic N) is 6. The molecular weight excluding hydrogens is 504 g/mol. The number of allylic oxidation sites excluding steroid dienone is 4. The van der Waals surface area contributed by atoms with Crippen LogP contribution in [0.1, 0.15) is 31.3 Å². The zero-order chi connectivity index (χ0) is 27.3. The summed E-state index contributed by atoms with van der Waals surface area (Å²) in [6.07, 6.45) is 9.61. The number of halogens is 2. The lowest BCUT2D eigenvalue weighted by atomic mass is 10.1. The Balaban J connectivity index is 1.61. The predicted octanol–water partition coefficient (Wildman–Crippen LogP) is 4.74. The van der Waals surface area contributed by atoms with Gasteiger partial charge in [0.15, 0.2) is 17.2 Å². The monoisotopic (exact) mass is 527 g/mol. The number of benzene rings is 2. The topological polar surface area (TPSA) is 114 Å². The van der Waals surface area contributed by atoms with Gasteiger partial charge in [0.05, 0.1) is 29.4 Å². The van der Waals surface area contributed by atoms with E-state index in [1.165, 1.54) is 30.3 Å². The molecule has 0 saturated heterocycles. The number of fused-ring (bicyclic) bond motifs is 2. The highest BCUT2D eigenvalue weighted by Gasteiger charge is 2.28. The number of hydrogen-bond donors (Lipinski definition) is 1. The SMILES string of the molecule is COc1ccc(-c2nn([C@@H](C)c3nc4ccccc4c(=O)n3C3C=CC=CC3)c3ncnc(N)c23)c(F)c1F. The van der Waals surface area contributed by atoms with Gasteiger partial charge in [0.1, 0.15) is 29.7 Å². The average molecular weight is 528 g/mol. The molecule has 9 nitrogen and oxygen atoms in total. The molecule has 0 amide bonds. The van der Waals surface area contributed by atoms with Crippen LogP contribution in [0, 0.1) is 11.6 Å². The summed E-state index contributed by atoms with van der Waals surface area (Å²) in [5.74, 6) is -2.05. The maximum Gasteiger partial charge on any atom is 0.262 e. The highest BCUT2D eigenvalue weighted by Crippen LogP contribution is 2.37. The molecule has 0 spiro atoms. The van der Waals surface area contributed by atoms with Crippen molar-refractivity contribution in [3.63, 3.8) is 0 Å². The molecule has 5 aromatic rings. The van der Waals surface area contributed by atoms with E-state index in [-0.39, 0.29) is 45.5 Å². The lowest BCUT2D eigenvalue weighted by Gasteiger charge is -2.24. The molecule has 39 heavy (non-hydrogen) atoms. The summed E-state index contributed by atoms with van der Waals surface area (Å²) in [4.78, 5) is 27.1. The molecule has 3 heterocycles. The number of nitrogen functional groups attached to an aromatic ring is 1. The fourth-order valence-electron chi connectivity index (χ4n) is 4.97. The van der Waals surface area contributed by atoms with Crippen molar-refractivity contribution >= 4 is 27.8 Å². The third-order valence-corrected chi connectivity index (χ3v) is 6.91. The van der Waals surface area contributed by atoms with Crippen LogP contribution in [-0.2, 0) is 0 Å². The molecule has 2 N–H and O–H groups in total. The Labute approximate surface area is 220 Å². The van der Waals surface area contributed by atoms with Crippen molar-refractivity contribution in [1.82, 2.24) is 29.3 Å². The molecule has 0 radical (unpaired) electrons. The Hall–Kier alpha value is -4.93. The van der Waals surface area contributed by atoms with Gasteiger partial charge in [-0.05, 0) is 37.6 Å². The van der Waals surface area contributed by atoms with E-state index < -0.39 is 17.7 Å². The van der Waals surface area contributed by atoms with E-state index in [1.807, 2.05) is 37.3 Å². The highest BCUT2D eigenvalue weighted by atomic mass is 19.2. The summed E-state index contributed by atoms with van der Waals surface area (Å²) in [6, 6.07) is 8.88. The zero-order valence-corrected chi connectivity index (χ0v) is 21.0. The summed E-state index contributed by atoms with van der Waals surface area (Å²) < 4.78 is 37.9. The molecule has 0 aliphatic heterocycles. The van der Waals surface area contributed by atoms with E-state index in [9.17, 15) is 9.18 Å². The van der Waals surface area contributed by atoms with Gasteiger partial charge in [-0.15, -0.1) is 0 Å². The second-order valence-corrected chi connectivity index (χ2v) is 9.15. The first-order valence-electron chi connectivity index (χ1n) is 12.3. The Kier molecular flexibility index (Phi) is 5.90. The minimum absolute atomic E-state index is 0.0493. The second-order valence-electron chi connectivity index (χ2n) is 9.15. The van der Waals surface area contributed by atoms with Crippen molar-refractivity contribution in [3.8, 4) is 17.0 Å². The summed E-state index contributed by atoms with van der Waals surface area (Å²) in [7, 11) is 1.25. The first-order valence-corrected chi connectivity index (χ1v) is 12.3. The summed E-state index contributed by atoms with van der Waals surface area (Å²) >= 11 is 0. The van der Waals surface area contributed by atoms with E-state index in [2.05, 4.69) is 15.1 Å². The molecule has 0 saturated carbocycles. The van der Waals surface area contributed by atoms with Crippen LogP contribution in [0.25, 0.3) is 33.2 Å². The largest absolute Gasteiger partial charge is 0.494 e.